The van der Waals surface area contributed by atoms with Crippen LogP contribution in [0.1, 0.15) is 15.9 Å². The molecule has 156 valence electrons. The highest BCUT2D eigenvalue weighted by molar-refractivity contribution is 9.10. The summed E-state index contributed by atoms with van der Waals surface area (Å²) in [6.45, 7) is 0. The number of carbonyl (C=O) groups is 2. The summed E-state index contributed by atoms with van der Waals surface area (Å²) in [5, 5.41) is 16.2. The van der Waals surface area contributed by atoms with E-state index in [1.54, 1.807) is 48.5 Å². The molecule has 0 radical (unpaired) electrons. The highest BCUT2D eigenvalue weighted by Crippen LogP contribution is 2.19. The summed E-state index contributed by atoms with van der Waals surface area (Å²) in [7, 11) is 0. The lowest BCUT2D eigenvalue weighted by molar-refractivity contribution is -0.384. The largest absolute Gasteiger partial charge is 0.321 e. The van der Waals surface area contributed by atoms with Crippen molar-refractivity contribution in [3.05, 3.63) is 109 Å². The molecule has 0 fully saturated rings. The number of hydrogen-bond acceptors (Lipinski definition) is 4. The second-order valence-corrected chi connectivity index (χ2v) is 8.07. The van der Waals surface area contributed by atoms with E-state index >= 15 is 0 Å². The zero-order chi connectivity index (χ0) is 22.4. The molecular formula is C22H15Br2N3O4. The van der Waals surface area contributed by atoms with Gasteiger partial charge in [-0.2, -0.15) is 0 Å². The van der Waals surface area contributed by atoms with E-state index in [9.17, 15) is 19.7 Å². The smallest absolute Gasteiger partial charge is 0.272 e. The molecule has 2 amide bonds. The summed E-state index contributed by atoms with van der Waals surface area (Å²) in [5.41, 5.74) is 1.32. The summed E-state index contributed by atoms with van der Waals surface area (Å²) < 4.78 is 1.44. The second-order valence-electron chi connectivity index (χ2n) is 6.30. The van der Waals surface area contributed by atoms with E-state index in [0.29, 0.717) is 21.3 Å². The number of carbonyl (C=O) groups excluding carboxylic acids is 2. The van der Waals surface area contributed by atoms with Gasteiger partial charge in [0.25, 0.3) is 17.5 Å². The van der Waals surface area contributed by atoms with E-state index < -0.39 is 16.7 Å². The van der Waals surface area contributed by atoms with E-state index in [1.807, 2.05) is 0 Å². The number of nitrogens with one attached hydrogen (secondary N) is 2. The van der Waals surface area contributed by atoms with Crippen molar-refractivity contribution in [1.82, 2.24) is 5.32 Å². The molecule has 0 atom stereocenters. The zero-order valence-electron chi connectivity index (χ0n) is 15.8. The molecule has 0 heterocycles. The van der Waals surface area contributed by atoms with Crippen LogP contribution in [-0.2, 0) is 4.79 Å². The van der Waals surface area contributed by atoms with Crippen LogP contribution in [0.3, 0.4) is 0 Å². The van der Waals surface area contributed by atoms with E-state index in [-0.39, 0.29) is 11.4 Å². The standard InChI is InChI=1S/C22H15Br2N3O4/c23-15-7-9-16(10-8-15)25-22(29)20(13-14-5-11-17(12-6-14)27(30)31)26-21(28)18-3-1-2-4-19(18)24/h1-13H,(H,25,29)(H,26,28). The maximum absolute atomic E-state index is 12.9. The monoisotopic (exact) mass is 543 g/mol. The van der Waals surface area contributed by atoms with Gasteiger partial charge in [0.1, 0.15) is 5.70 Å². The van der Waals surface area contributed by atoms with Crippen LogP contribution in [0.25, 0.3) is 6.08 Å². The van der Waals surface area contributed by atoms with Crippen LogP contribution in [0.5, 0.6) is 0 Å². The third kappa shape index (κ3) is 6.09. The predicted molar refractivity (Wildman–Crippen MR) is 125 cm³/mol. The van der Waals surface area contributed by atoms with Gasteiger partial charge in [0.05, 0.1) is 10.5 Å². The van der Waals surface area contributed by atoms with Gasteiger partial charge in [0, 0.05) is 26.8 Å². The summed E-state index contributed by atoms with van der Waals surface area (Å²) >= 11 is 6.66. The average molecular weight is 545 g/mol. The minimum atomic E-state index is -0.541. The van der Waals surface area contributed by atoms with E-state index in [2.05, 4.69) is 42.5 Å². The molecule has 7 nitrogen and oxygen atoms in total. The number of nitrogens with zero attached hydrogens (tertiary/aromatic N) is 1. The Bertz CT molecular complexity index is 1160. The molecule has 0 saturated heterocycles. The van der Waals surface area contributed by atoms with Crippen molar-refractivity contribution in [1.29, 1.82) is 0 Å². The Balaban J connectivity index is 1.91. The average Bonchev–Trinajstić information content (AvgIpc) is 2.75. The van der Waals surface area contributed by atoms with Crippen molar-refractivity contribution in [2.24, 2.45) is 0 Å². The van der Waals surface area contributed by atoms with Gasteiger partial charge < -0.3 is 10.6 Å². The number of benzene rings is 3. The molecule has 0 spiro atoms. The molecule has 0 aliphatic heterocycles. The topological polar surface area (TPSA) is 101 Å². The van der Waals surface area contributed by atoms with Crippen molar-refractivity contribution in [3.8, 4) is 0 Å². The lowest BCUT2D eigenvalue weighted by Crippen LogP contribution is -2.31. The highest BCUT2D eigenvalue weighted by Gasteiger charge is 2.17. The molecule has 2 N–H and O–H groups in total. The fourth-order valence-corrected chi connectivity index (χ4v) is 3.31. The SMILES string of the molecule is O=C(Nc1ccc(Br)cc1)C(=Cc1ccc([N+](=O)[O-])cc1)NC(=O)c1ccccc1Br. The van der Waals surface area contributed by atoms with Gasteiger partial charge in [-0.05, 0) is 76.1 Å². The third-order valence-corrected chi connectivity index (χ3v) is 5.35. The van der Waals surface area contributed by atoms with E-state index in [0.717, 1.165) is 4.47 Å². The maximum Gasteiger partial charge on any atom is 0.272 e. The number of hydrogen-bond donors (Lipinski definition) is 2. The summed E-state index contributed by atoms with van der Waals surface area (Å²) in [5.74, 6) is -1.02. The molecule has 0 aliphatic carbocycles. The first kappa shape index (κ1) is 22.4. The molecule has 0 saturated carbocycles. The Hall–Kier alpha value is -3.30. The van der Waals surface area contributed by atoms with E-state index in [4.69, 9.17) is 0 Å². The number of halogens is 2. The van der Waals surface area contributed by atoms with Crippen LogP contribution >= 0.6 is 31.9 Å². The molecule has 0 aliphatic rings. The molecule has 0 aromatic heterocycles. The first-order valence-corrected chi connectivity index (χ1v) is 10.5. The molecule has 31 heavy (non-hydrogen) atoms. The maximum atomic E-state index is 12.9. The first-order valence-electron chi connectivity index (χ1n) is 8.92. The predicted octanol–water partition coefficient (Wildman–Crippen LogP) is 5.53. The van der Waals surface area contributed by atoms with Crippen LogP contribution in [0.2, 0.25) is 0 Å². The van der Waals surface area contributed by atoms with Crippen LogP contribution in [-0.4, -0.2) is 16.7 Å². The number of anilines is 1. The van der Waals surface area contributed by atoms with Crippen molar-refractivity contribution >= 4 is 61.1 Å². The van der Waals surface area contributed by atoms with Crippen molar-refractivity contribution < 1.29 is 14.5 Å². The third-order valence-electron chi connectivity index (χ3n) is 4.13. The first-order chi connectivity index (χ1) is 14.8. The Morgan fingerprint density at radius 3 is 2.16 bits per heavy atom. The summed E-state index contributed by atoms with van der Waals surface area (Å²) in [6, 6.07) is 19.4. The molecule has 3 aromatic carbocycles. The quantitative estimate of drug-likeness (QED) is 0.242. The zero-order valence-corrected chi connectivity index (χ0v) is 19.0. The summed E-state index contributed by atoms with van der Waals surface area (Å²) in [4.78, 5) is 36.0. The lowest BCUT2D eigenvalue weighted by atomic mass is 10.1. The molecule has 0 bridgehead atoms. The van der Waals surface area contributed by atoms with E-state index in [1.165, 1.54) is 30.3 Å². The van der Waals surface area contributed by atoms with Gasteiger partial charge in [-0.3, -0.25) is 19.7 Å². The second kappa shape index (κ2) is 10.1. The van der Waals surface area contributed by atoms with Crippen molar-refractivity contribution in [2.75, 3.05) is 5.32 Å². The molecular weight excluding hydrogens is 530 g/mol. The Morgan fingerprint density at radius 2 is 1.55 bits per heavy atom. The Kier molecular flexibility index (Phi) is 7.32. The van der Waals surface area contributed by atoms with Crippen molar-refractivity contribution in [3.63, 3.8) is 0 Å². The molecule has 0 unspecified atom stereocenters. The van der Waals surface area contributed by atoms with Gasteiger partial charge >= 0.3 is 0 Å². The van der Waals surface area contributed by atoms with Gasteiger partial charge in [-0.25, -0.2) is 0 Å². The summed E-state index contributed by atoms with van der Waals surface area (Å²) in [6.07, 6.45) is 1.45. The van der Waals surface area contributed by atoms with Crippen LogP contribution in [0.15, 0.2) is 87.4 Å². The molecule has 9 heteroatoms. The number of amides is 2. The highest BCUT2D eigenvalue weighted by atomic mass is 79.9. The lowest BCUT2D eigenvalue weighted by Gasteiger charge is -2.12. The number of nitro groups is 1. The molecule has 3 aromatic rings. The minimum Gasteiger partial charge on any atom is -0.321 e. The number of non-ortho nitro benzene ring substituents is 1. The van der Waals surface area contributed by atoms with Crippen LogP contribution in [0.4, 0.5) is 11.4 Å². The Morgan fingerprint density at radius 1 is 0.903 bits per heavy atom. The van der Waals surface area contributed by atoms with Gasteiger partial charge in [-0.1, -0.05) is 28.1 Å². The molecule has 3 rings (SSSR count). The fourth-order valence-electron chi connectivity index (χ4n) is 2.58. The number of rotatable bonds is 6. The minimum absolute atomic E-state index is 0.0162. The Labute approximate surface area is 194 Å². The van der Waals surface area contributed by atoms with Crippen LogP contribution < -0.4 is 10.6 Å². The van der Waals surface area contributed by atoms with Gasteiger partial charge in [0.15, 0.2) is 0 Å². The number of nitro benzene ring substituents is 1. The van der Waals surface area contributed by atoms with Crippen LogP contribution in [0, 0.1) is 10.1 Å². The van der Waals surface area contributed by atoms with Gasteiger partial charge in [-0.15, -0.1) is 0 Å². The normalized spacial score (nSPS) is 11.0. The van der Waals surface area contributed by atoms with Gasteiger partial charge in [0.2, 0.25) is 0 Å². The fraction of sp³-hybridized carbons (Fsp3) is 0. The van der Waals surface area contributed by atoms with Crippen molar-refractivity contribution in [2.45, 2.75) is 0 Å².